The van der Waals surface area contributed by atoms with Gasteiger partial charge in [0.1, 0.15) is 5.69 Å². The van der Waals surface area contributed by atoms with Crippen molar-refractivity contribution in [1.82, 2.24) is 9.47 Å². The summed E-state index contributed by atoms with van der Waals surface area (Å²) >= 11 is 0. The lowest BCUT2D eigenvalue weighted by molar-refractivity contribution is 0.0819. The van der Waals surface area contributed by atoms with E-state index in [1.807, 2.05) is 53.1 Å². The molecule has 0 unspecified atom stereocenters. The molecule has 0 spiro atoms. The number of hydrogen-bond acceptors (Lipinski definition) is 2. The van der Waals surface area contributed by atoms with Crippen molar-refractivity contribution in [3.05, 3.63) is 76.6 Å². The monoisotopic (exact) mass is 292 g/mol. The maximum absolute atomic E-state index is 12.5. The Morgan fingerprint density at radius 2 is 1.59 bits per heavy atom. The fourth-order valence-electron chi connectivity index (χ4n) is 2.51. The lowest BCUT2D eigenvalue weighted by Crippen LogP contribution is -2.27. The maximum Gasteiger partial charge on any atom is 0.270 e. The molecule has 0 saturated heterocycles. The molecule has 0 aliphatic carbocycles. The van der Waals surface area contributed by atoms with E-state index in [4.69, 9.17) is 0 Å². The summed E-state index contributed by atoms with van der Waals surface area (Å²) in [5.74, 6) is -0.202. The Morgan fingerprint density at radius 1 is 0.955 bits per heavy atom. The van der Waals surface area contributed by atoms with E-state index in [1.165, 1.54) is 11.0 Å². The second kappa shape index (κ2) is 5.48. The van der Waals surface area contributed by atoms with Crippen LogP contribution in [0.25, 0.3) is 16.6 Å². The summed E-state index contributed by atoms with van der Waals surface area (Å²) in [6.07, 6.45) is 0. The van der Waals surface area contributed by atoms with Crippen LogP contribution in [-0.4, -0.2) is 29.5 Å². The number of rotatable bonds is 2. The number of carbonyl (C=O) groups is 1. The Morgan fingerprint density at radius 3 is 2.27 bits per heavy atom. The van der Waals surface area contributed by atoms with Crippen LogP contribution in [0.2, 0.25) is 0 Å². The lowest BCUT2D eigenvalue weighted by Gasteiger charge is -2.19. The minimum absolute atomic E-state index is 0.145. The van der Waals surface area contributed by atoms with Crippen LogP contribution in [0.1, 0.15) is 10.5 Å². The van der Waals surface area contributed by atoms with Gasteiger partial charge in [0, 0.05) is 31.2 Å². The zero-order valence-corrected chi connectivity index (χ0v) is 12.5. The summed E-state index contributed by atoms with van der Waals surface area (Å²) in [4.78, 5) is 26.3. The third-order valence-electron chi connectivity index (χ3n) is 3.56. The molecule has 0 aliphatic heterocycles. The number of para-hydroxylation sites is 2. The average Bonchev–Trinajstić information content (AvgIpc) is 2.55. The third-order valence-corrected chi connectivity index (χ3v) is 3.56. The van der Waals surface area contributed by atoms with Crippen molar-refractivity contribution in [1.29, 1.82) is 0 Å². The molecule has 4 nitrogen and oxygen atoms in total. The van der Waals surface area contributed by atoms with Crippen molar-refractivity contribution in [2.45, 2.75) is 0 Å². The van der Waals surface area contributed by atoms with E-state index in [-0.39, 0.29) is 11.3 Å². The summed E-state index contributed by atoms with van der Waals surface area (Å²) in [6, 6.07) is 18.3. The molecule has 0 saturated carbocycles. The quantitative estimate of drug-likeness (QED) is 0.729. The van der Waals surface area contributed by atoms with E-state index in [1.54, 1.807) is 20.2 Å². The minimum atomic E-state index is -0.202. The Bertz CT molecular complexity index is 896. The third kappa shape index (κ3) is 2.29. The highest BCUT2D eigenvalue weighted by molar-refractivity contribution is 5.96. The number of benzene rings is 2. The van der Waals surface area contributed by atoms with Crippen LogP contribution in [0, 0.1) is 0 Å². The first kappa shape index (κ1) is 14.1. The highest BCUT2D eigenvalue weighted by Crippen LogP contribution is 2.19. The van der Waals surface area contributed by atoms with E-state index in [2.05, 4.69) is 0 Å². The maximum atomic E-state index is 12.5. The van der Waals surface area contributed by atoms with Gasteiger partial charge in [0.15, 0.2) is 5.43 Å². The number of amides is 1. The molecule has 0 fully saturated rings. The number of hydrogen-bond donors (Lipinski definition) is 0. The summed E-state index contributed by atoms with van der Waals surface area (Å²) in [7, 11) is 3.36. The van der Waals surface area contributed by atoms with Gasteiger partial charge in [0.25, 0.3) is 5.91 Å². The second-order valence-electron chi connectivity index (χ2n) is 5.28. The molecule has 0 bridgehead atoms. The van der Waals surface area contributed by atoms with Gasteiger partial charge in [-0.05, 0) is 24.3 Å². The molecular formula is C18H16N2O2. The Balaban J connectivity index is 2.45. The van der Waals surface area contributed by atoms with Crippen LogP contribution in [0.15, 0.2) is 65.5 Å². The van der Waals surface area contributed by atoms with E-state index >= 15 is 0 Å². The molecule has 2 aromatic carbocycles. The number of aromatic nitrogens is 1. The molecule has 110 valence electrons. The van der Waals surface area contributed by atoms with Gasteiger partial charge < -0.3 is 9.47 Å². The lowest BCUT2D eigenvalue weighted by atomic mass is 10.1. The normalized spacial score (nSPS) is 10.6. The summed E-state index contributed by atoms with van der Waals surface area (Å²) in [6.45, 7) is 0. The van der Waals surface area contributed by atoms with Crippen LogP contribution >= 0.6 is 0 Å². The summed E-state index contributed by atoms with van der Waals surface area (Å²) < 4.78 is 1.83. The number of nitrogens with zero attached hydrogens (tertiary/aromatic N) is 2. The first-order valence-corrected chi connectivity index (χ1v) is 7.01. The van der Waals surface area contributed by atoms with Crippen molar-refractivity contribution in [2.75, 3.05) is 14.1 Å². The predicted molar refractivity (Wildman–Crippen MR) is 87.6 cm³/mol. The van der Waals surface area contributed by atoms with Crippen molar-refractivity contribution in [2.24, 2.45) is 0 Å². The van der Waals surface area contributed by atoms with Gasteiger partial charge in [-0.3, -0.25) is 9.59 Å². The first-order valence-electron chi connectivity index (χ1n) is 7.01. The smallest absolute Gasteiger partial charge is 0.270 e. The molecule has 0 radical (unpaired) electrons. The zero-order valence-electron chi connectivity index (χ0n) is 12.5. The molecule has 0 N–H and O–H groups in total. The molecule has 4 heteroatoms. The molecule has 1 aromatic heterocycles. The molecule has 3 aromatic rings. The molecule has 1 heterocycles. The molecule has 22 heavy (non-hydrogen) atoms. The van der Waals surface area contributed by atoms with E-state index in [0.29, 0.717) is 11.1 Å². The van der Waals surface area contributed by atoms with Gasteiger partial charge in [0.2, 0.25) is 0 Å². The first-order chi connectivity index (χ1) is 10.6. The number of carbonyl (C=O) groups excluding carboxylic acids is 1. The predicted octanol–water partition coefficient (Wildman–Crippen LogP) is 2.69. The SMILES string of the molecule is CN(C)C(=O)c1cc(=O)c2ccccc2n1-c1ccccc1. The van der Waals surface area contributed by atoms with Gasteiger partial charge >= 0.3 is 0 Å². The van der Waals surface area contributed by atoms with Crippen molar-refractivity contribution in [3.63, 3.8) is 0 Å². The highest BCUT2D eigenvalue weighted by atomic mass is 16.2. The van der Waals surface area contributed by atoms with Crippen LogP contribution in [0.3, 0.4) is 0 Å². The number of fused-ring (bicyclic) bond motifs is 1. The molecule has 1 amide bonds. The average molecular weight is 292 g/mol. The van der Waals surface area contributed by atoms with Crippen LogP contribution < -0.4 is 5.43 Å². The van der Waals surface area contributed by atoms with Crippen molar-refractivity contribution in [3.8, 4) is 5.69 Å². The minimum Gasteiger partial charge on any atom is -0.343 e. The van der Waals surface area contributed by atoms with Gasteiger partial charge in [-0.25, -0.2) is 0 Å². The van der Waals surface area contributed by atoms with Crippen molar-refractivity contribution < 1.29 is 4.79 Å². The van der Waals surface area contributed by atoms with Crippen LogP contribution in [0.5, 0.6) is 0 Å². The molecule has 0 aliphatic rings. The van der Waals surface area contributed by atoms with Crippen LogP contribution in [0.4, 0.5) is 0 Å². The van der Waals surface area contributed by atoms with Gasteiger partial charge in [-0.1, -0.05) is 30.3 Å². The molecule has 0 atom stereocenters. The standard InChI is InChI=1S/C18H16N2O2/c1-19(2)18(22)16-12-17(21)14-10-6-7-11-15(14)20(16)13-8-4-3-5-9-13/h3-12H,1-2H3. The fourth-order valence-corrected chi connectivity index (χ4v) is 2.51. The van der Waals surface area contributed by atoms with Crippen molar-refractivity contribution >= 4 is 16.8 Å². The highest BCUT2D eigenvalue weighted by Gasteiger charge is 2.17. The van der Waals surface area contributed by atoms with Gasteiger partial charge in [-0.15, -0.1) is 0 Å². The van der Waals surface area contributed by atoms with E-state index < -0.39 is 0 Å². The molecule has 3 rings (SSSR count). The Labute approximate surface area is 128 Å². The Kier molecular flexibility index (Phi) is 3.51. The number of pyridine rings is 1. The summed E-state index contributed by atoms with van der Waals surface area (Å²) in [5, 5.41) is 0.599. The van der Waals surface area contributed by atoms with Gasteiger partial charge in [0.05, 0.1) is 5.52 Å². The second-order valence-corrected chi connectivity index (χ2v) is 5.28. The zero-order chi connectivity index (χ0) is 15.7. The van der Waals surface area contributed by atoms with Gasteiger partial charge in [-0.2, -0.15) is 0 Å². The van der Waals surface area contributed by atoms with E-state index in [0.717, 1.165) is 11.2 Å². The van der Waals surface area contributed by atoms with Crippen LogP contribution in [-0.2, 0) is 0 Å². The largest absolute Gasteiger partial charge is 0.343 e. The molecular weight excluding hydrogens is 276 g/mol. The van der Waals surface area contributed by atoms with E-state index in [9.17, 15) is 9.59 Å². The fraction of sp³-hybridized carbons (Fsp3) is 0.111. The Hall–Kier alpha value is -2.88. The summed E-state index contributed by atoms with van der Waals surface area (Å²) in [5.41, 5.74) is 1.79. The topological polar surface area (TPSA) is 42.3 Å².